The molecule has 29 heavy (non-hydrogen) atoms. The molecule has 0 amide bonds. The van der Waals surface area contributed by atoms with Crippen LogP contribution in [0, 0.1) is 17.8 Å². The fraction of sp³-hybridized carbons (Fsp3) is 0.360. The van der Waals surface area contributed by atoms with Crippen molar-refractivity contribution >= 4 is 0 Å². The summed E-state index contributed by atoms with van der Waals surface area (Å²) in [5.74, 6) is 7.26. The van der Waals surface area contributed by atoms with Crippen molar-refractivity contribution in [3.63, 3.8) is 0 Å². The Labute approximate surface area is 170 Å². The van der Waals surface area contributed by atoms with Gasteiger partial charge >= 0.3 is 6.36 Å². The first-order chi connectivity index (χ1) is 13.9. The molecule has 0 heterocycles. The van der Waals surface area contributed by atoms with E-state index in [0.29, 0.717) is 11.5 Å². The molecule has 0 radical (unpaired) electrons. The first-order valence-corrected chi connectivity index (χ1v) is 10.0. The molecular weight excluding hydrogens is 373 g/mol. The highest BCUT2D eigenvalue weighted by atomic mass is 19.4. The summed E-state index contributed by atoms with van der Waals surface area (Å²) in [6.45, 7) is 3.81. The first kappa shape index (κ1) is 21.0. The van der Waals surface area contributed by atoms with E-state index < -0.39 is 6.36 Å². The molecule has 0 bridgehead atoms. The highest BCUT2D eigenvalue weighted by Gasteiger charge is 2.30. The van der Waals surface area contributed by atoms with Crippen molar-refractivity contribution in [3.8, 4) is 17.6 Å². The first-order valence-electron chi connectivity index (χ1n) is 10.0. The van der Waals surface area contributed by atoms with E-state index in [-0.39, 0.29) is 5.75 Å². The van der Waals surface area contributed by atoms with Crippen LogP contribution in [0.3, 0.4) is 0 Å². The van der Waals surface area contributed by atoms with Gasteiger partial charge in [0, 0.05) is 11.1 Å². The average Bonchev–Trinajstić information content (AvgIpc) is 2.71. The molecule has 1 aliphatic rings. The summed E-state index contributed by atoms with van der Waals surface area (Å²) in [5, 5.41) is 0. The van der Waals surface area contributed by atoms with E-state index in [1.54, 1.807) is 0 Å². The van der Waals surface area contributed by atoms with Crippen molar-refractivity contribution in [3.05, 3.63) is 77.9 Å². The van der Waals surface area contributed by atoms with Crippen LogP contribution in [0.2, 0.25) is 0 Å². The summed E-state index contributed by atoms with van der Waals surface area (Å²) in [6, 6.07) is 13.9. The fourth-order valence-corrected chi connectivity index (χ4v) is 3.86. The van der Waals surface area contributed by atoms with Crippen molar-refractivity contribution in [1.82, 2.24) is 0 Å². The largest absolute Gasteiger partial charge is 0.573 e. The number of ether oxygens (including phenoxy) is 1. The maximum absolute atomic E-state index is 12.2. The monoisotopic (exact) mass is 398 g/mol. The average molecular weight is 398 g/mol. The topological polar surface area (TPSA) is 9.23 Å². The van der Waals surface area contributed by atoms with Crippen LogP contribution < -0.4 is 4.74 Å². The smallest absolute Gasteiger partial charge is 0.406 e. The van der Waals surface area contributed by atoms with Crippen molar-refractivity contribution < 1.29 is 17.9 Å². The normalized spacial score (nSPS) is 19.1. The second-order valence-corrected chi connectivity index (χ2v) is 7.53. The molecule has 0 atom stereocenters. The SMILES string of the molecule is C=CCC[C@H]1CC[C@H](c2ccc(C#Cc3ccc(OC(F)(F)F)cc3)cc2)CC1. The zero-order chi connectivity index (χ0) is 20.7. The molecule has 0 N–H and O–H groups in total. The van der Waals surface area contributed by atoms with Gasteiger partial charge in [-0.25, -0.2) is 0 Å². The van der Waals surface area contributed by atoms with Crippen LogP contribution in [-0.4, -0.2) is 6.36 Å². The zero-order valence-corrected chi connectivity index (χ0v) is 16.3. The van der Waals surface area contributed by atoms with Gasteiger partial charge in [0.2, 0.25) is 0 Å². The van der Waals surface area contributed by atoms with Gasteiger partial charge in [-0.15, -0.1) is 19.8 Å². The molecule has 0 saturated heterocycles. The molecule has 3 rings (SSSR count). The minimum absolute atomic E-state index is 0.244. The highest BCUT2D eigenvalue weighted by Crippen LogP contribution is 2.37. The quantitative estimate of drug-likeness (QED) is 0.381. The molecule has 1 nitrogen and oxygen atoms in total. The van der Waals surface area contributed by atoms with Gasteiger partial charge < -0.3 is 4.74 Å². The molecule has 0 aromatic heterocycles. The van der Waals surface area contributed by atoms with Crippen molar-refractivity contribution in [2.75, 3.05) is 0 Å². The Morgan fingerprint density at radius 1 is 0.897 bits per heavy atom. The number of allylic oxidation sites excluding steroid dienone is 1. The third-order valence-electron chi connectivity index (χ3n) is 5.45. The van der Waals surface area contributed by atoms with Crippen LogP contribution >= 0.6 is 0 Å². The van der Waals surface area contributed by atoms with Crippen LogP contribution in [0.15, 0.2) is 61.2 Å². The van der Waals surface area contributed by atoms with Gasteiger partial charge in [-0.1, -0.05) is 30.0 Å². The Kier molecular flexibility index (Phi) is 7.04. The maximum atomic E-state index is 12.2. The van der Waals surface area contributed by atoms with Crippen LogP contribution in [0.25, 0.3) is 0 Å². The Balaban J connectivity index is 1.56. The molecule has 4 heteroatoms. The lowest BCUT2D eigenvalue weighted by molar-refractivity contribution is -0.274. The minimum atomic E-state index is -4.68. The summed E-state index contributed by atoms with van der Waals surface area (Å²) in [7, 11) is 0. The van der Waals surface area contributed by atoms with Gasteiger partial charge in [0.1, 0.15) is 5.75 Å². The van der Waals surface area contributed by atoms with E-state index in [1.807, 2.05) is 18.2 Å². The lowest BCUT2D eigenvalue weighted by atomic mass is 9.77. The third kappa shape index (κ3) is 6.71. The highest BCUT2D eigenvalue weighted by molar-refractivity contribution is 5.45. The molecule has 0 aliphatic heterocycles. The lowest BCUT2D eigenvalue weighted by Crippen LogP contribution is -2.16. The Bertz CT molecular complexity index is 846. The van der Waals surface area contributed by atoms with E-state index in [4.69, 9.17) is 0 Å². The molecular formula is C25H25F3O. The van der Waals surface area contributed by atoms with Crippen molar-refractivity contribution in [2.45, 2.75) is 50.8 Å². The van der Waals surface area contributed by atoms with E-state index >= 15 is 0 Å². The molecule has 0 spiro atoms. The maximum Gasteiger partial charge on any atom is 0.573 e. The number of hydrogen-bond acceptors (Lipinski definition) is 1. The Morgan fingerprint density at radius 2 is 1.45 bits per heavy atom. The minimum Gasteiger partial charge on any atom is -0.406 e. The molecule has 2 aromatic carbocycles. The number of halogens is 3. The van der Waals surface area contributed by atoms with Crippen LogP contribution in [0.5, 0.6) is 5.75 Å². The van der Waals surface area contributed by atoms with Gasteiger partial charge in [-0.05, 0) is 92.3 Å². The summed E-state index contributed by atoms with van der Waals surface area (Å²) in [5.41, 5.74) is 2.90. The molecule has 1 fully saturated rings. The van der Waals surface area contributed by atoms with Gasteiger partial charge in [0.25, 0.3) is 0 Å². The molecule has 2 aromatic rings. The van der Waals surface area contributed by atoms with Gasteiger partial charge in [-0.3, -0.25) is 0 Å². The van der Waals surface area contributed by atoms with Gasteiger partial charge in [0.05, 0.1) is 0 Å². The predicted octanol–water partition coefficient (Wildman–Crippen LogP) is 7.23. The summed E-state index contributed by atoms with van der Waals surface area (Å²) in [6.07, 6.45) is 4.74. The van der Waals surface area contributed by atoms with Crippen LogP contribution in [0.1, 0.15) is 61.1 Å². The van der Waals surface area contributed by atoms with E-state index in [9.17, 15) is 13.2 Å². The van der Waals surface area contributed by atoms with E-state index in [2.05, 4.69) is 35.3 Å². The zero-order valence-electron chi connectivity index (χ0n) is 16.3. The summed E-state index contributed by atoms with van der Waals surface area (Å²) >= 11 is 0. The van der Waals surface area contributed by atoms with Gasteiger partial charge in [0.15, 0.2) is 0 Å². The molecule has 0 unspecified atom stereocenters. The molecule has 1 aliphatic carbocycles. The molecule has 1 saturated carbocycles. The van der Waals surface area contributed by atoms with E-state index in [0.717, 1.165) is 17.9 Å². The van der Waals surface area contributed by atoms with E-state index in [1.165, 1.54) is 61.9 Å². The standard InChI is InChI=1S/C25H25F3O/c1-2-3-4-19-7-13-22(14-8-19)23-15-9-20(10-16-23)5-6-21-11-17-24(18-12-21)29-25(26,27)28/h2,9-12,15-19,22H,1,3-4,7-8,13-14H2/t19-,22-. The third-order valence-corrected chi connectivity index (χ3v) is 5.45. The van der Waals surface area contributed by atoms with Crippen molar-refractivity contribution in [1.29, 1.82) is 0 Å². The van der Waals surface area contributed by atoms with Gasteiger partial charge in [-0.2, -0.15) is 0 Å². The van der Waals surface area contributed by atoms with Crippen LogP contribution in [0.4, 0.5) is 13.2 Å². The van der Waals surface area contributed by atoms with Crippen molar-refractivity contribution in [2.24, 2.45) is 5.92 Å². The number of rotatable bonds is 5. The predicted molar refractivity (Wildman–Crippen MR) is 110 cm³/mol. The number of alkyl halides is 3. The Hall–Kier alpha value is -2.67. The van der Waals surface area contributed by atoms with Crippen LogP contribution in [-0.2, 0) is 0 Å². The number of benzene rings is 2. The number of hydrogen-bond donors (Lipinski definition) is 0. The fourth-order valence-electron chi connectivity index (χ4n) is 3.86. The second-order valence-electron chi connectivity index (χ2n) is 7.53. The Morgan fingerprint density at radius 3 is 1.97 bits per heavy atom. The molecule has 152 valence electrons. The lowest BCUT2D eigenvalue weighted by Gasteiger charge is -2.28. The summed E-state index contributed by atoms with van der Waals surface area (Å²) in [4.78, 5) is 0. The second kappa shape index (κ2) is 9.69. The summed E-state index contributed by atoms with van der Waals surface area (Å²) < 4.78 is 40.4.